The molecule has 0 heteroatoms. The van der Waals surface area contributed by atoms with Crippen molar-refractivity contribution in [3.63, 3.8) is 0 Å². The molecule has 0 aromatic heterocycles. The van der Waals surface area contributed by atoms with E-state index in [0.29, 0.717) is 0 Å². The minimum Gasteiger partial charge on any atom is -0.0533 e. The fourth-order valence-corrected chi connectivity index (χ4v) is 4.27. The molecule has 2 saturated carbocycles. The van der Waals surface area contributed by atoms with E-state index in [1.54, 1.807) is 25.7 Å². The van der Waals surface area contributed by atoms with E-state index >= 15 is 0 Å². The Bertz CT molecular complexity index is 174. The van der Waals surface area contributed by atoms with Gasteiger partial charge in [-0.15, -0.1) is 0 Å². The third-order valence-electron chi connectivity index (χ3n) is 5.47. The Balaban J connectivity index is 1.75. The van der Waals surface area contributed by atoms with E-state index in [-0.39, 0.29) is 0 Å². The monoisotopic (exact) mass is 250 g/mol. The lowest BCUT2D eigenvalue weighted by Crippen LogP contribution is -2.19. The van der Waals surface area contributed by atoms with E-state index in [2.05, 4.69) is 0 Å². The first-order valence-corrected chi connectivity index (χ1v) is 8.97. The fourth-order valence-electron chi connectivity index (χ4n) is 4.27. The van der Waals surface area contributed by atoms with Gasteiger partial charge in [-0.2, -0.15) is 0 Å². The van der Waals surface area contributed by atoms with E-state index in [4.69, 9.17) is 0 Å². The van der Waals surface area contributed by atoms with Crippen LogP contribution in [0.1, 0.15) is 103 Å². The molecule has 18 heavy (non-hydrogen) atoms. The standard InChI is InChI=1S/C18H34/c1-2-4-6-8-10-14-18-16-12-11-15-17(18)13-9-7-5-3-1/h17-18H,1-16H2. The van der Waals surface area contributed by atoms with Gasteiger partial charge in [0.1, 0.15) is 0 Å². The Morgan fingerprint density at radius 1 is 0.278 bits per heavy atom. The van der Waals surface area contributed by atoms with Crippen molar-refractivity contribution in [2.45, 2.75) is 103 Å². The van der Waals surface area contributed by atoms with Crippen molar-refractivity contribution in [1.82, 2.24) is 0 Å². The minimum atomic E-state index is 1.11. The van der Waals surface area contributed by atoms with E-state index < -0.39 is 0 Å². The Hall–Kier alpha value is 0. The van der Waals surface area contributed by atoms with Gasteiger partial charge >= 0.3 is 0 Å². The second-order valence-electron chi connectivity index (χ2n) is 6.92. The fraction of sp³-hybridized carbons (Fsp3) is 1.00. The maximum absolute atomic E-state index is 1.56. The molecule has 2 aliphatic rings. The zero-order valence-electron chi connectivity index (χ0n) is 12.5. The molecule has 0 aliphatic heterocycles. The van der Waals surface area contributed by atoms with Crippen LogP contribution in [0.25, 0.3) is 0 Å². The summed E-state index contributed by atoms with van der Waals surface area (Å²) in [6, 6.07) is 0. The zero-order valence-corrected chi connectivity index (χ0v) is 12.5. The van der Waals surface area contributed by atoms with Gasteiger partial charge in [-0.25, -0.2) is 0 Å². The molecule has 0 amide bonds. The van der Waals surface area contributed by atoms with Gasteiger partial charge in [0, 0.05) is 0 Å². The first kappa shape index (κ1) is 14.4. The van der Waals surface area contributed by atoms with Gasteiger partial charge in [-0.1, -0.05) is 103 Å². The molecule has 0 saturated heterocycles. The van der Waals surface area contributed by atoms with Crippen LogP contribution in [-0.2, 0) is 0 Å². The van der Waals surface area contributed by atoms with Gasteiger partial charge in [0.2, 0.25) is 0 Å². The predicted octanol–water partition coefficient (Wildman–Crippen LogP) is 6.49. The molecule has 2 fully saturated rings. The molecule has 0 N–H and O–H groups in total. The SMILES string of the molecule is C1CCCCCCC2CCCCC2CCCCC1. The Morgan fingerprint density at radius 3 is 0.833 bits per heavy atom. The van der Waals surface area contributed by atoms with Crippen molar-refractivity contribution in [2.24, 2.45) is 11.8 Å². The molecule has 106 valence electrons. The molecule has 0 nitrogen and oxygen atoms in total. The maximum atomic E-state index is 1.56. The second kappa shape index (κ2) is 8.99. The van der Waals surface area contributed by atoms with Crippen LogP contribution < -0.4 is 0 Å². The number of fused-ring (bicyclic) bond motifs is 1. The molecular weight excluding hydrogens is 216 g/mol. The molecule has 0 bridgehead atoms. The van der Waals surface area contributed by atoms with E-state index in [0.717, 1.165) is 11.8 Å². The minimum absolute atomic E-state index is 1.11. The highest BCUT2D eigenvalue weighted by atomic mass is 14.3. The van der Waals surface area contributed by atoms with Crippen LogP contribution >= 0.6 is 0 Å². The summed E-state index contributed by atoms with van der Waals surface area (Å²) in [6.07, 6.45) is 24.4. The number of rotatable bonds is 0. The van der Waals surface area contributed by atoms with Gasteiger partial charge in [0.05, 0.1) is 0 Å². The average molecular weight is 250 g/mol. The van der Waals surface area contributed by atoms with Crippen molar-refractivity contribution in [3.05, 3.63) is 0 Å². The highest BCUT2D eigenvalue weighted by Gasteiger charge is 2.23. The van der Waals surface area contributed by atoms with Crippen molar-refractivity contribution in [3.8, 4) is 0 Å². The summed E-state index contributed by atoms with van der Waals surface area (Å²) in [7, 11) is 0. The molecule has 0 aromatic rings. The van der Waals surface area contributed by atoms with Crippen LogP contribution in [0.3, 0.4) is 0 Å². The van der Waals surface area contributed by atoms with Crippen molar-refractivity contribution >= 4 is 0 Å². The summed E-state index contributed by atoms with van der Waals surface area (Å²) < 4.78 is 0. The molecule has 0 spiro atoms. The third-order valence-corrected chi connectivity index (χ3v) is 5.47. The Labute approximate surface area is 115 Å². The van der Waals surface area contributed by atoms with E-state index in [1.165, 1.54) is 77.0 Å². The van der Waals surface area contributed by atoms with Crippen LogP contribution in [-0.4, -0.2) is 0 Å². The molecule has 2 atom stereocenters. The first-order chi connectivity index (χ1) is 8.97. The number of hydrogen-bond acceptors (Lipinski definition) is 0. The maximum Gasteiger partial charge on any atom is -0.0386 e. The lowest BCUT2D eigenvalue weighted by molar-refractivity contribution is 0.201. The largest absolute Gasteiger partial charge is 0.0533 e. The van der Waals surface area contributed by atoms with Crippen LogP contribution in [0.5, 0.6) is 0 Å². The lowest BCUT2D eigenvalue weighted by atomic mass is 9.74. The van der Waals surface area contributed by atoms with Crippen molar-refractivity contribution in [2.75, 3.05) is 0 Å². The Morgan fingerprint density at radius 2 is 0.500 bits per heavy atom. The molecular formula is C18H34. The molecule has 2 unspecified atom stereocenters. The first-order valence-electron chi connectivity index (χ1n) is 8.97. The summed E-state index contributed by atoms with van der Waals surface area (Å²) in [5.74, 6) is 2.23. The van der Waals surface area contributed by atoms with Gasteiger partial charge in [0.25, 0.3) is 0 Å². The topological polar surface area (TPSA) is 0 Å². The second-order valence-corrected chi connectivity index (χ2v) is 6.92. The molecule has 0 aromatic carbocycles. The van der Waals surface area contributed by atoms with Crippen LogP contribution in [0.15, 0.2) is 0 Å². The zero-order chi connectivity index (χ0) is 12.5. The van der Waals surface area contributed by atoms with Gasteiger partial charge in [-0.05, 0) is 11.8 Å². The predicted molar refractivity (Wildman–Crippen MR) is 80.9 cm³/mol. The highest BCUT2D eigenvalue weighted by Crippen LogP contribution is 2.37. The summed E-state index contributed by atoms with van der Waals surface area (Å²) in [6.45, 7) is 0. The smallest absolute Gasteiger partial charge is 0.0386 e. The molecule has 0 radical (unpaired) electrons. The molecule has 2 rings (SSSR count). The quantitative estimate of drug-likeness (QED) is 0.461. The normalized spacial score (nSPS) is 33.3. The van der Waals surface area contributed by atoms with Crippen LogP contribution in [0, 0.1) is 11.8 Å². The Kier molecular flexibility index (Phi) is 7.20. The summed E-state index contributed by atoms with van der Waals surface area (Å²) >= 11 is 0. The van der Waals surface area contributed by atoms with Gasteiger partial charge < -0.3 is 0 Å². The summed E-state index contributed by atoms with van der Waals surface area (Å²) in [5.41, 5.74) is 0. The van der Waals surface area contributed by atoms with Crippen molar-refractivity contribution in [1.29, 1.82) is 0 Å². The summed E-state index contributed by atoms with van der Waals surface area (Å²) in [5, 5.41) is 0. The summed E-state index contributed by atoms with van der Waals surface area (Å²) in [4.78, 5) is 0. The number of hydrogen-bond donors (Lipinski definition) is 0. The van der Waals surface area contributed by atoms with E-state index in [9.17, 15) is 0 Å². The lowest BCUT2D eigenvalue weighted by Gasteiger charge is -2.32. The van der Waals surface area contributed by atoms with Gasteiger partial charge in [0.15, 0.2) is 0 Å². The van der Waals surface area contributed by atoms with Crippen molar-refractivity contribution < 1.29 is 0 Å². The average Bonchev–Trinajstić information content (AvgIpc) is 2.41. The highest BCUT2D eigenvalue weighted by molar-refractivity contribution is 4.75. The molecule has 0 heterocycles. The van der Waals surface area contributed by atoms with Crippen LogP contribution in [0.4, 0.5) is 0 Å². The van der Waals surface area contributed by atoms with E-state index in [1.807, 2.05) is 0 Å². The van der Waals surface area contributed by atoms with Gasteiger partial charge in [-0.3, -0.25) is 0 Å². The third kappa shape index (κ3) is 5.33. The van der Waals surface area contributed by atoms with Crippen LogP contribution in [0.2, 0.25) is 0 Å². The molecule has 2 aliphatic carbocycles.